The Bertz CT molecular complexity index is 486. The van der Waals surface area contributed by atoms with Crippen LogP contribution < -0.4 is 10.5 Å². The summed E-state index contributed by atoms with van der Waals surface area (Å²) >= 11 is 0. The van der Waals surface area contributed by atoms with Crippen molar-refractivity contribution in [3.05, 3.63) is 28.3 Å². The van der Waals surface area contributed by atoms with Gasteiger partial charge in [-0.05, 0) is 35.6 Å². The summed E-state index contributed by atoms with van der Waals surface area (Å²) in [6.07, 6.45) is 0. The Balaban J connectivity index is 2.60. The van der Waals surface area contributed by atoms with Gasteiger partial charge in [-0.1, -0.05) is 13.8 Å². The first-order valence-electron chi connectivity index (χ1n) is 7.30. The van der Waals surface area contributed by atoms with Crippen molar-refractivity contribution < 1.29 is 9.84 Å². The van der Waals surface area contributed by atoms with E-state index in [1.54, 1.807) is 7.11 Å². The lowest BCUT2D eigenvalue weighted by atomic mass is 9.88. The highest BCUT2D eigenvalue weighted by Crippen LogP contribution is 2.44. The number of methoxy groups -OCH3 is 1. The van der Waals surface area contributed by atoms with E-state index in [9.17, 15) is 5.11 Å². The van der Waals surface area contributed by atoms with Crippen molar-refractivity contribution in [2.24, 2.45) is 5.73 Å². The SMILES string of the molecule is COc1cc(C)c2c(c1C(C)C)C(CN)N(CCO)C2. The molecule has 0 aliphatic carbocycles. The third-order valence-corrected chi connectivity index (χ3v) is 4.25. The molecule has 1 atom stereocenters. The molecule has 0 saturated heterocycles. The fraction of sp³-hybridized carbons (Fsp3) is 0.625. The molecular weight excluding hydrogens is 252 g/mol. The lowest BCUT2D eigenvalue weighted by Crippen LogP contribution is -2.30. The number of β-amino-alcohol motifs (C(OH)–C–C–N with tert-alkyl or cyclic N) is 1. The maximum absolute atomic E-state index is 9.26. The van der Waals surface area contributed by atoms with Crippen LogP contribution in [0.1, 0.15) is 48.1 Å². The number of ether oxygens (including phenoxy) is 1. The zero-order valence-corrected chi connectivity index (χ0v) is 12.9. The van der Waals surface area contributed by atoms with Crippen LogP contribution in [0.25, 0.3) is 0 Å². The van der Waals surface area contributed by atoms with E-state index >= 15 is 0 Å². The third-order valence-electron chi connectivity index (χ3n) is 4.25. The maximum atomic E-state index is 9.26. The van der Waals surface area contributed by atoms with Crippen LogP contribution >= 0.6 is 0 Å². The minimum Gasteiger partial charge on any atom is -0.496 e. The second-order valence-corrected chi connectivity index (χ2v) is 5.80. The molecule has 1 aliphatic heterocycles. The smallest absolute Gasteiger partial charge is 0.122 e. The number of nitrogens with two attached hydrogens (primary N) is 1. The Labute approximate surface area is 121 Å². The Morgan fingerprint density at radius 3 is 2.70 bits per heavy atom. The van der Waals surface area contributed by atoms with Crippen LogP contribution in [0.5, 0.6) is 5.75 Å². The van der Waals surface area contributed by atoms with E-state index in [0.29, 0.717) is 19.0 Å². The standard InChI is InChI=1S/C16H26N2O2/c1-10(2)15-14(20-4)7-11(3)12-9-18(5-6-19)13(8-17)16(12)15/h7,10,13,19H,5-6,8-9,17H2,1-4H3. The quantitative estimate of drug-likeness (QED) is 0.864. The second-order valence-electron chi connectivity index (χ2n) is 5.80. The molecule has 2 rings (SSSR count). The van der Waals surface area contributed by atoms with Crippen LogP contribution in [0.15, 0.2) is 6.07 Å². The Morgan fingerprint density at radius 2 is 2.20 bits per heavy atom. The number of rotatable bonds is 5. The molecule has 0 amide bonds. The summed E-state index contributed by atoms with van der Waals surface area (Å²) in [4.78, 5) is 2.27. The number of benzene rings is 1. The summed E-state index contributed by atoms with van der Waals surface area (Å²) in [5.41, 5.74) is 11.2. The summed E-state index contributed by atoms with van der Waals surface area (Å²) in [5, 5.41) is 9.26. The van der Waals surface area contributed by atoms with Gasteiger partial charge in [-0.2, -0.15) is 0 Å². The second kappa shape index (κ2) is 6.12. The van der Waals surface area contributed by atoms with Crippen molar-refractivity contribution in [2.75, 3.05) is 26.8 Å². The molecule has 0 radical (unpaired) electrons. The Morgan fingerprint density at radius 1 is 1.50 bits per heavy atom. The molecule has 0 aromatic heterocycles. The summed E-state index contributed by atoms with van der Waals surface area (Å²) in [6.45, 7) is 8.77. The lowest BCUT2D eigenvalue weighted by molar-refractivity contribution is 0.163. The average molecular weight is 278 g/mol. The van der Waals surface area contributed by atoms with Crippen LogP contribution in [0.3, 0.4) is 0 Å². The van der Waals surface area contributed by atoms with Gasteiger partial charge in [0.2, 0.25) is 0 Å². The first-order chi connectivity index (χ1) is 9.54. The van der Waals surface area contributed by atoms with Gasteiger partial charge in [-0.25, -0.2) is 0 Å². The van der Waals surface area contributed by atoms with Gasteiger partial charge in [0.15, 0.2) is 0 Å². The van der Waals surface area contributed by atoms with Gasteiger partial charge < -0.3 is 15.6 Å². The molecule has 1 aliphatic rings. The van der Waals surface area contributed by atoms with Crippen molar-refractivity contribution in [2.45, 2.75) is 39.3 Å². The molecule has 4 nitrogen and oxygen atoms in total. The van der Waals surface area contributed by atoms with Gasteiger partial charge in [0.25, 0.3) is 0 Å². The highest BCUT2D eigenvalue weighted by molar-refractivity contribution is 5.54. The van der Waals surface area contributed by atoms with E-state index in [4.69, 9.17) is 10.5 Å². The van der Waals surface area contributed by atoms with Gasteiger partial charge in [0.05, 0.1) is 13.7 Å². The molecule has 1 unspecified atom stereocenters. The molecule has 112 valence electrons. The molecule has 0 bridgehead atoms. The topological polar surface area (TPSA) is 58.7 Å². The first kappa shape index (κ1) is 15.3. The van der Waals surface area contributed by atoms with Crippen LogP contribution in [0, 0.1) is 6.92 Å². The molecule has 1 heterocycles. The van der Waals surface area contributed by atoms with Crippen molar-refractivity contribution in [3.63, 3.8) is 0 Å². The minimum atomic E-state index is 0.164. The van der Waals surface area contributed by atoms with Crippen LogP contribution in [-0.2, 0) is 6.54 Å². The summed E-state index contributed by atoms with van der Waals surface area (Å²) < 4.78 is 5.59. The van der Waals surface area contributed by atoms with Crippen molar-refractivity contribution in [1.82, 2.24) is 4.90 Å². The maximum Gasteiger partial charge on any atom is 0.122 e. The monoisotopic (exact) mass is 278 g/mol. The highest BCUT2D eigenvalue weighted by Gasteiger charge is 2.34. The highest BCUT2D eigenvalue weighted by atomic mass is 16.5. The largest absolute Gasteiger partial charge is 0.496 e. The van der Waals surface area contributed by atoms with Crippen molar-refractivity contribution in [3.8, 4) is 5.75 Å². The first-order valence-corrected chi connectivity index (χ1v) is 7.30. The molecule has 0 spiro atoms. The van der Waals surface area contributed by atoms with Crippen LogP contribution in [0.2, 0.25) is 0 Å². The minimum absolute atomic E-state index is 0.164. The Hall–Kier alpha value is -1.10. The number of nitrogens with zero attached hydrogens (tertiary/aromatic N) is 1. The fourth-order valence-corrected chi connectivity index (χ4v) is 3.35. The zero-order valence-electron chi connectivity index (χ0n) is 12.9. The number of fused-ring (bicyclic) bond motifs is 1. The molecule has 3 N–H and O–H groups in total. The molecule has 20 heavy (non-hydrogen) atoms. The molecule has 1 aromatic carbocycles. The number of hydrogen-bond acceptors (Lipinski definition) is 4. The average Bonchev–Trinajstić information content (AvgIpc) is 2.77. The van der Waals surface area contributed by atoms with Crippen LogP contribution in [-0.4, -0.2) is 36.8 Å². The summed E-state index contributed by atoms with van der Waals surface area (Å²) in [7, 11) is 1.73. The van der Waals surface area contributed by atoms with Crippen LogP contribution in [0.4, 0.5) is 0 Å². The molecule has 4 heteroatoms. The molecule has 1 aromatic rings. The summed E-state index contributed by atoms with van der Waals surface area (Å²) in [5.74, 6) is 1.35. The number of aliphatic hydroxyl groups excluding tert-OH is 1. The Kier molecular flexibility index (Phi) is 4.68. The van der Waals surface area contributed by atoms with Crippen molar-refractivity contribution in [1.29, 1.82) is 0 Å². The van der Waals surface area contributed by atoms with Gasteiger partial charge in [0, 0.05) is 31.2 Å². The normalized spacial score (nSPS) is 18.6. The predicted molar refractivity (Wildman–Crippen MR) is 81.1 cm³/mol. The van der Waals surface area contributed by atoms with E-state index in [1.807, 2.05) is 0 Å². The van der Waals surface area contributed by atoms with E-state index in [-0.39, 0.29) is 12.6 Å². The number of aliphatic hydroxyl groups is 1. The fourth-order valence-electron chi connectivity index (χ4n) is 3.35. The van der Waals surface area contributed by atoms with Gasteiger partial charge in [-0.15, -0.1) is 0 Å². The predicted octanol–water partition coefficient (Wildman–Crippen LogP) is 1.93. The molecule has 0 fully saturated rings. The number of aryl methyl sites for hydroxylation is 1. The van der Waals surface area contributed by atoms with E-state index in [1.165, 1.54) is 22.3 Å². The van der Waals surface area contributed by atoms with E-state index in [0.717, 1.165) is 12.3 Å². The van der Waals surface area contributed by atoms with Gasteiger partial charge in [-0.3, -0.25) is 4.90 Å². The van der Waals surface area contributed by atoms with E-state index < -0.39 is 0 Å². The third kappa shape index (κ3) is 2.43. The van der Waals surface area contributed by atoms with Gasteiger partial charge in [0.1, 0.15) is 5.75 Å². The van der Waals surface area contributed by atoms with E-state index in [2.05, 4.69) is 31.7 Å². The van der Waals surface area contributed by atoms with Crippen molar-refractivity contribution >= 4 is 0 Å². The zero-order chi connectivity index (χ0) is 14.9. The van der Waals surface area contributed by atoms with Gasteiger partial charge >= 0.3 is 0 Å². The summed E-state index contributed by atoms with van der Waals surface area (Å²) in [6, 6.07) is 2.31. The number of hydrogen-bond donors (Lipinski definition) is 2. The lowest BCUT2D eigenvalue weighted by Gasteiger charge is -2.25. The molecular formula is C16H26N2O2. The molecule has 0 saturated carbocycles.